The van der Waals surface area contributed by atoms with Crippen molar-refractivity contribution in [3.05, 3.63) is 55.3 Å². The quantitative estimate of drug-likeness (QED) is 0.592. The molecule has 0 aliphatic rings. The molecule has 0 fully saturated rings. The Labute approximate surface area is 179 Å². The molecule has 0 atom stereocenters. The van der Waals surface area contributed by atoms with Gasteiger partial charge in [-0.2, -0.15) is 0 Å². The number of aromatic nitrogens is 4. The van der Waals surface area contributed by atoms with Crippen molar-refractivity contribution in [2.45, 2.75) is 26.2 Å². The third-order valence-corrected chi connectivity index (χ3v) is 4.49. The number of halogens is 3. The minimum absolute atomic E-state index is 0.107. The first kappa shape index (κ1) is 21.1. The zero-order valence-electron chi connectivity index (χ0n) is 15.3. The number of carbonyl (C=O) groups is 1. The standard InChI is InChI=1S/C17H14Cl3N5O4/c1-17(2,3)8-6-11(23-24-13(8)20)28-12-9(18)4-7(5-10(12)19)21-15(26)14-22-16(27)29-25-14/h4-6H,1-3H3,(H,21,26)(H,22,25,27). The summed E-state index contributed by atoms with van der Waals surface area (Å²) in [4.78, 5) is 25.1. The van der Waals surface area contributed by atoms with Gasteiger partial charge in [0, 0.05) is 17.3 Å². The van der Waals surface area contributed by atoms with Crippen molar-refractivity contribution >= 4 is 46.4 Å². The van der Waals surface area contributed by atoms with Gasteiger partial charge in [0.15, 0.2) is 10.9 Å². The number of aromatic amines is 1. The maximum Gasteiger partial charge on any atom is 0.439 e. The number of carbonyl (C=O) groups excluding carboxylic acids is 1. The summed E-state index contributed by atoms with van der Waals surface area (Å²) in [5.74, 6) is -1.59. The summed E-state index contributed by atoms with van der Waals surface area (Å²) >= 11 is 18.6. The minimum Gasteiger partial charge on any atom is -0.434 e. The number of ether oxygens (including phenoxy) is 1. The molecule has 152 valence electrons. The van der Waals surface area contributed by atoms with Gasteiger partial charge in [0.1, 0.15) is 0 Å². The first-order valence-electron chi connectivity index (χ1n) is 8.12. The molecule has 3 aromatic rings. The molecule has 2 heterocycles. The molecular weight excluding hydrogens is 445 g/mol. The Balaban J connectivity index is 1.85. The monoisotopic (exact) mass is 457 g/mol. The van der Waals surface area contributed by atoms with E-state index in [1.807, 2.05) is 20.8 Å². The fraction of sp³-hybridized carbons (Fsp3) is 0.235. The Bertz CT molecular complexity index is 1110. The van der Waals surface area contributed by atoms with Crippen molar-refractivity contribution in [3.63, 3.8) is 0 Å². The van der Waals surface area contributed by atoms with Crippen LogP contribution in [0.1, 0.15) is 37.0 Å². The third-order valence-electron chi connectivity index (χ3n) is 3.65. The largest absolute Gasteiger partial charge is 0.439 e. The number of hydrogen-bond donors (Lipinski definition) is 2. The van der Waals surface area contributed by atoms with E-state index in [1.54, 1.807) is 6.07 Å². The normalized spacial score (nSPS) is 11.4. The van der Waals surface area contributed by atoms with Gasteiger partial charge < -0.3 is 10.1 Å². The van der Waals surface area contributed by atoms with Crippen molar-refractivity contribution in [1.82, 2.24) is 20.3 Å². The van der Waals surface area contributed by atoms with E-state index in [2.05, 4.69) is 30.2 Å². The van der Waals surface area contributed by atoms with E-state index in [1.165, 1.54) is 12.1 Å². The lowest BCUT2D eigenvalue weighted by Gasteiger charge is -2.20. The van der Waals surface area contributed by atoms with E-state index in [9.17, 15) is 9.59 Å². The van der Waals surface area contributed by atoms with Crippen molar-refractivity contribution < 1.29 is 14.1 Å². The second-order valence-corrected chi connectivity index (χ2v) is 8.08. The molecule has 2 aromatic heterocycles. The number of anilines is 1. The van der Waals surface area contributed by atoms with Gasteiger partial charge in [-0.1, -0.05) is 55.6 Å². The van der Waals surface area contributed by atoms with Gasteiger partial charge in [-0.3, -0.25) is 14.3 Å². The highest BCUT2D eigenvalue weighted by Crippen LogP contribution is 2.39. The second kappa shape index (κ2) is 8.02. The molecule has 1 aromatic carbocycles. The molecule has 0 aliphatic carbocycles. The van der Waals surface area contributed by atoms with E-state index in [0.717, 1.165) is 5.56 Å². The van der Waals surface area contributed by atoms with Crippen LogP contribution in [0.4, 0.5) is 5.69 Å². The molecule has 0 saturated heterocycles. The molecule has 9 nitrogen and oxygen atoms in total. The number of nitrogens with one attached hydrogen (secondary N) is 2. The fourth-order valence-corrected chi connectivity index (χ4v) is 3.23. The molecule has 29 heavy (non-hydrogen) atoms. The van der Waals surface area contributed by atoms with Gasteiger partial charge in [0.05, 0.1) is 10.0 Å². The smallest absolute Gasteiger partial charge is 0.434 e. The number of H-pyrrole nitrogens is 1. The molecule has 2 N–H and O–H groups in total. The van der Waals surface area contributed by atoms with Crippen LogP contribution in [-0.2, 0) is 5.41 Å². The number of nitrogens with zero attached hydrogens (tertiary/aromatic N) is 3. The molecule has 0 spiro atoms. The Hall–Kier alpha value is -2.62. The molecule has 1 amide bonds. The van der Waals surface area contributed by atoms with E-state index in [4.69, 9.17) is 39.5 Å². The number of benzene rings is 1. The van der Waals surface area contributed by atoms with Gasteiger partial charge in [-0.25, -0.2) is 4.79 Å². The molecule has 0 aliphatic heterocycles. The minimum atomic E-state index is -0.853. The Morgan fingerprint density at radius 3 is 2.34 bits per heavy atom. The van der Waals surface area contributed by atoms with Crippen LogP contribution in [-0.4, -0.2) is 26.2 Å². The van der Waals surface area contributed by atoms with Gasteiger partial charge >= 0.3 is 5.76 Å². The van der Waals surface area contributed by atoms with Crippen LogP contribution in [0.25, 0.3) is 0 Å². The highest BCUT2D eigenvalue weighted by Gasteiger charge is 2.21. The maximum absolute atomic E-state index is 12.0. The highest BCUT2D eigenvalue weighted by molar-refractivity contribution is 6.37. The summed E-state index contributed by atoms with van der Waals surface area (Å²) in [5.41, 5.74) is 0.704. The Morgan fingerprint density at radius 2 is 1.79 bits per heavy atom. The maximum atomic E-state index is 12.0. The van der Waals surface area contributed by atoms with Crippen LogP contribution in [0, 0.1) is 0 Å². The van der Waals surface area contributed by atoms with Crippen molar-refractivity contribution in [1.29, 1.82) is 0 Å². The van der Waals surface area contributed by atoms with Gasteiger partial charge in [-0.15, -0.1) is 10.2 Å². The molecule has 12 heteroatoms. The van der Waals surface area contributed by atoms with Crippen LogP contribution in [0.5, 0.6) is 11.6 Å². The summed E-state index contributed by atoms with van der Waals surface area (Å²) in [7, 11) is 0. The zero-order chi connectivity index (χ0) is 21.3. The SMILES string of the molecule is CC(C)(C)c1cc(Oc2c(Cl)cc(NC(=O)c3noc(=O)[nH]3)cc2Cl)nnc1Cl. The highest BCUT2D eigenvalue weighted by atomic mass is 35.5. The van der Waals surface area contributed by atoms with Crippen molar-refractivity contribution in [2.24, 2.45) is 0 Å². The zero-order valence-corrected chi connectivity index (χ0v) is 17.6. The summed E-state index contributed by atoms with van der Waals surface area (Å²) in [6, 6.07) is 4.47. The number of hydrogen-bond acceptors (Lipinski definition) is 7. The Kier molecular flexibility index (Phi) is 5.83. The van der Waals surface area contributed by atoms with Crippen molar-refractivity contribution in [3.8, 4) is 11.6 Å². The third kappa shape index (κ3) is 4.87. The predicted molar refractivity (Wildman–Crippen MR) is 107 cm³/mol. The van der Waals surface area contributed by atoms with Crippen LogP contribution in [0.15, 0.2) is 27.5 Å². The van der Waals surface area contributed by atoms with Gasteiger partial charge in [-0.05, 0) is 22.7 Å². The first-order valence-corrected chi connectivity index (χ1v) is 9.26. The number of rotatable bonds is 4. The van der Waals surface area contributed by atoms with E-state index in [0.29, 0.717) is 0 Å². The van der Waals surface area contributed by atoms with Crippen LogP contribution in [0.3, 0.4) is 0 Å². The van der Waals surface area contributed by atoms with E-state index >= 15 is 0 Å². The topological polar surface area (TPSA) is 123 Å². The molecule has 0 radical (unpaired) electrons. The van der Waals surface area contributed by atoms with E-state index < -0.39 is 11.7 Å². The summed E-state index contributed by atoms with van der Waals surface area (Å²) in [6.07, 6.45) is 0. The molecule has 0 saturated carbocycles. The lowest BCUT2D eigenvalue weighted by Crippen LogP contribution is -2.15. The second-order valence-electron chi connectivity index (χ2n) is 6.91. The molecule has 3 rings (SSSR count). The lowest BCUT2D eigenvalue weighted by atomic mass is 9.88. The average Bonchev–Trinajstić information content (AvgIpc) is 3.05. The summed E-state index contributed by atoms with van der Waals surface area (Å²) in [5, 5.41) is 14.1. The van der Waals surface area contributed by atoms with Crippen LogP contribution in [0.2, 0.25) is 15.2 Å². The van der Waals surface area contributed by atoms with Gasteiger partial charge in [0.25, 0.3) is 5.91 Å². The van der Waals surface area contributed by atoms with Crippen LogP contribution >= 0.6 is 34.8 Å². The molecular formula is C17H14Cl3N5O4. The van der Waals surface area contributed by atoms with E-state index in [-0.39, 0.29) is 43.8 Å². The molecule has 0 bridgehead atoms. The predicted octanol–water partition coefficient (Wildman–Crippen LogP) is 4.46. The fourth-order valence-electron chi connectivity index (χ4n) is 2.29. The summed E-state index contributed by atoms with van der Waals surface area (Å²) < 4.78 is 9.98. The van der Waals surface area contributed by atoms with Crippen LogP contribution < -0.4 is 15.8 Å². The Morgan fingerprint density at radius 1 is 1.14 bits per heavy atom. The number of amides is 1. The van der Waals surface area contributed by atoms with Crippen molar-refractivity contribution in [2.75, 3.05) is 5.32 Å². The lowest BCUT2D eigenvalue weighted by molar-refractivity contribution is 0.101. The molecule has 0 unspecified atom stereocenters. The summed E-state index contributed by atoms with van der Waals surface area (Å²) in [6.45, 7) is 5.91. The average molecular weight is 459 g/mol. The van der Waals surface area contributed by atoms with Gasteiger partial charge in [0.2, 0.25) is 11.7 Å². The first-order chi connectivity index (χ1) is 13.5.